The maximum atomic E-state index is 14.8. The third-order valence-corrected chi connectivity index (χ3v) is 6.22. The van der Waals surface area contributed by atoms with Crippen molar-refractivity contribution in [2.45, 2.75) is 18.9 Å². The fraction of sp³-hybridized carbons (Fsp3) is 0.273. The van der Waals surface area contributed by atoms with Crippen molar-refractivity contribution in [2.24, 2.45) is 5.92 Å². The van der Waals surface area contributed by atoms with Crippen LogP contribution in [0.5, 0.6) is 0 Å². The third kappa shape index (κ3) is 2.63. The van der Waals surface area contributed by atoms with Gasteiger partial charge >= 0.3 is 0 Å². The van der Waals surface area contributed by atoms with Crippen LogP contribution in [-0.2, 0) is 11.2 Å². The van der Waals surface area contributed by atoms with Gasteiger partial charge in [-0.1, -0.05) is 29.4 Å². The molecule has 0 bridgehead atoms. The highest BCUT2D eigenvalue weighted by Gasteiger charge is 2.46. The number of aliphatic hydroxyl groups excluding tert-OH is 1. The number of nitrogens with zero attached hydrogens (tertiary/aromatic N) is 5. The molecule has 1 aliphatic carbocycles. The number of fused-ring (bicyclic) bond motifs is 4. The van der Waals surface area contributed by atoms with Gasteiger partial charge in [-0.3, -0.25) is 9.20 Å². The highest BCUT2D eigenvalue weighted by molar-refractivity contribution is 5.81. The Kier molecular flexibility index (Phi) is 3.94. The van der Waals surface area contributed by atoms with Crippen molar-refractivity contribution in [1.29, 1.82) is 0 Å². The van der Waals surface area contributed by atoms with Crippen LogP contribution in [0, 0.1) is 11.9 Å². The van der Waals surface area contributed by atoms with Crippen molar-refractivity contribution in [2.75, 3.05) is 13.2 Å². The molecule has 0 unspecified atom stereocenters. The first-order valence-corrected chi connectivity index (χ1v) is 10.1. The molecule has 4 aromatic rings. The minimum absolute atomic E-state index is 0.00844. The van der Waals surface area contributed by atoms with E-state index in [-0.39, 0.29) is 36.1 Å². The first-order valence-electron chi connectivity index (χ1n) is 10.1. The Morgan fingerprint density at radius 1 is 1.16 bits per heavy atom. The van der Waals surface area contributed by atoms with Gasteiger partial charge in [0.25, 0.3) is 5.89 Å². The van der Waals surface area contributed by atoms with Gasteiger partial charge in [-0.15, -0.1) is 0 Å². The first-order chi connectivity index (χ1) is 15.2. The molecule has 0 saturated carbocycles. The minimum atomic E-state index is -0.559. The SMILES string of the molecule is O=C1C[C@H]2Cc3c(-c4noc(-c5nc6ccccn6c5F)n4)cccc3[C@H]2N1CCO. The maximum absolute atomic E-state index is 14.8. The van der Waals surface area contributed by atoms with Crippen molar-refractivity contribution in [3.63, 3.8) is 0 Å². The molecule has 2 aliphatic rings. The van der Waals surface area contributed by atoms with Crippen LogP contribution in [0.4, 0.5) is 4.39 Å². The van der Waals surface area contributed by atoms with Crippen LogP contribution in [0.15, 0.2) is 47.1 Å². The van der Waals surface area contributed by atoms with E-state index in [1.807, 2.05) is 18.2 Å². The van der Waals surface area contributed by atoms with E-state index < -0.39 is 5.95 Å². The van der Waals surface area contributed by atoms with Crippen LogP contribution >= 0.6 is 0 Å². The summed E-state index contributed by atoms with van der Waals surface area (Å²) in [5.41, 5.74) is 3.39. The van der Waals surface area contributed by atoms with Gasteiger partial charge in [0.05, 0.1) is 12.6 Å². The van der Waals surface area contributed by atoms with Gasteiger partial charge in [-0.2, -0.15) is 9.37 Å². The second-order valence-electron chi connectivity index (χ2n) is 7.90. The van der Waals surface area contributed by atoms with Crippen LogP contribution in [0.25, 0.3) is 28.6 Å². The predicted molar refractivity (Wildman–Crippen MR) is 107 cm³/mol. The lowest BCUT2D eigenvalue weighted by Crippen LogP contribution is -2.30. The lowest BCUT2D eigenvalue weighted by Gasteiger charge is -2.24. The number of aromatic nitrogens is 4. The number of carbonyl (C=O) groups is 1. The summed E-state index contributed by atoms with van der Waals surface area (Å²) < 4.78 is 21.5. The topological polar surface area (TPSA) is 96.8 Å². The number of carbonyl (C=O) groups excluding carboxylic acids is 1. The molecule has 6 rings (SSSR count). The number of aliphatic hydroxyl groups is 1. The van der Waals surface area contributed by atoms with Crippen molar-refractivity contribution in [3.8, 4) is 23.0 Å². The van der Waals surface area contributed by atoms with E-state index in [1.165, 1.54) is 4.40 Å². The van der Waals surface area contributed by atoms with Gasteiger partial charge in [0.1, 0.15) is 5.65 Å². The molecule has 2 atom stereocenters. The number of pyridine rings is 1. The summed E-state index contributed by atoms with van der Waals surface area (Å²) in [6.45, 7) is 0.256. The summed E-state index contributed by atoms with van der Waals surface area (Å²) in [6, 6.07) is 11.0. The van der Waals surface area contributed by atoms with Crippen LogP contribution in [0.3, 0.4) is 0 Å². The highest BCUT2D eigenvalue weighted by Crippen LogP contribution is 2.49. The standard InChI is InChI=1S/C22H18FN5O3/c23-20-18(24-16-6-1-2-7-27(16)20)22-25-21(26-31-22)14-5-3-4-13-15(14)10-12-11-17(30)28(8-9-29)19(12)13/h1-7,12,19,29H,8-11H2/t12-,19+/m1/s1. The Labute approximate surface area is 175 Å². The number of β-amino-alcohol motifs (C(OH)–C–C–N with tert-alkyl or cyclic N) is 1. The molecule has 1 saturated heterocycles. The Balaban J connectivity index is 1.40. The summed E-state index contributed by atoms with van der Waals surface area (Å²) >= 11 is 0. The number of imidazole rings is 1. The van der Waals surface area contributed by atoms with E-state index in [4.69, 9.17) is 4.52 Å². The number of hydrogen-bond donors (Lipinski definition) is 1. The van der Waals surface area contributed by atoms with Crippen molar-refractivity contribution in [3.05, 3.63) is 59.7 Å². The lowest BCUT2D eigenvalue weighted by molar-refractivity contribution is -0.129. The monoisotopic (exact) mass is 419 g/mol. The molecule has 1 fully saturated rings. The molecule has 1 N–H and O–H groups in total. The average molecular weight is 419 g/mol. The van der Waals surface area contributed by atoms with E-state index in [0.717, 1.165) is 23.1 Å². The highest BCUT2D eigenvalue weighted by atomic mass is 19.1. The van der Waals surface area contributed by atoms with Gasteiger partial charge in [-0.25, -0.2) is 4.98 Å². The largest absolute Gasteiger partial charge is 0.395 e. The van der Waals surface area contributed by atoms with Gasteiger partial charge in [-0.05, 0) is 35.6 Å². The number of amides is 1. The Morgan fingerprint density at radius 3 is 2.90 bits per heavy atom. The normalized spacial score (nSPS) is 19.9. The molecule has 1 aliphatic heterocycles. The summed E-state index contributed by atoms with van der Waals surface area (Å²) in [6.07, 6.45) is 2.76. The van der Waals surface area contributed by atoms with E-state index in [9.17, 15) is 14.3 Å². The molecular formula is C22H18FN5O3. The van der Waals surface area contributed by atoms with Gasteiger partial charge in [0.2, 0.25) is 17.7 Å². The Morgan fingerprint density at radius 2 is 2.06 bits per heavy atom. The zero-order valence-corrected chi connectivity index (χ0v) is 16.4. The molecule has 0 spiro atoms. The Hall–Kier alpha value is -3.59. The smallest absolute Gasteiger partial charge is 0.281 e. The van der Waals surface area contributed by atoms with Crippen molar-refractivity contribution in [1.82, 2.24) is 24.4 Å². The zero-order valence-electron chi connectivity index (χ0n) is 16.4. The molecule has 1 aromatic carbocycles. The molecule has 1 amide bonds. The third-order valence-electron chi connectivity index (χ3n) is 6.22. The second-order valence-corrected chi connectivity index (χ2v) is 7.90. The van der Waals surface area contributed by atoms with Gasteiger partial charge in [0.15, 0.2) is 5.69 Å². The van der Waals surface area contributed by atoms with E-state index in [1.54, 1.807) is 29.3 Å². The number of hydrogen-bond acceptors (Lipinski definition) is 6. The van der Waals surface area contributed by atoms with Crippen molar-refractivity contribution >= 4 is 11.6 Å². The van der Waals surface area contributed by atoms with Crippen LogP contribution in [0.1, 0.15) is 23.6 Å². The molecule has 9 heteroatoms. The van der Waals surface area contributed by atoms with Gasteiger partial charge < -0.3 is 14.5 Å². The number of benzene rings is 1. The van der Waals surface area contributed by atoms with E-state index >= 15 is 0 Å². The molecule has 0 radical (unpaired) electrons. The van der Waals surface area contributed by atoms with Crippen LogP contribution in [0.2, 0.25) is 0 Å². The maximum Gasteiger partial charge on any atom is 0.281 e. The zero-order chi connectivity index (χ0) is 21.1. The first kappa shape index (κ1) is 18.2. The fourth-order valence-electron chi connectivity index (χ4n) is 4.95. The number of likely N-dealkylation sites (tertiary alicyclic amines) is 1. The number of rotatable bonds is 4. The molecular weight excluding hydrogens is 401 g/mol. The predicted octanol–water partition coefficient (Wildman–Crippen LogP) is 2.63. The Bertz CT molecular complexity index is 1330. The summed E-state index contributed by atoms with van der Waals surface area (Å²) in [7, 11) is 0. The summed E-state index contributed by atoms with van der Waals surface area (Å²) in [4.78, 5) is 22.8. The van der Waals surface area contributed by atoms with E-state index in [2.05, 4.69) is 15.1 Å². The molecule has 3 aromatic heterocycles. The van der Waals surface area contributed by atoms with Crippen LogP contribution in [-0.4, -0.2) is 48.6 Å². The second kappa shape index (κ2) is 6.71. The lowest BCUT2D eigenvalue weighted by atomic mass is 10.0. The number of halogens is 1. The quantitative estimate of drug-likeness (QED) is 0.546. The molecule has 4 heterocycles. The van der Waals surface area contributed by atoms with Gasteiger partial charge in [0, 0.05) is 24.7 Å². The average Bonchev–Trinajstić information content (AvgIpc) is 3.52. The fourth-order valence-corrected chi connectivity index (χ4v) is 4.95. The molecule has 8 nitrogen and oxygen atoms in total. The van der Waals surface area contributed by atoms with Crippen LogP contribution < -0.4 is 0 Å². The summed E-state index contributed by atoms with van der Waals surface area (Å²) in [5.74, 6) is 0.0610. The van der Waals surface area contributed by atoms with E-state index in [0.29, 0.717) is 24.4 Å². The summed E-state index contributed by atoms with van der Waals surface area (Å²) in [5, 5.41) is 13.5. The minimum Gasteiger partial charge on any atom is -0.395 e. The molecule has 156 valence electrons. The molecule has 31 heavy (non-hydrogen) atoms. The van der Waals surface area contributed by atoms with Crippen molar-refractivity contribution < 1.29 is 18.8 Å².